The van der Waals surface area contributed by atoms with E-state index in [2.05, 4.69) is 106 Å². The van der Waals surface area contributed by atoms with Crippen LogP contribution in [-0.2, 0) is 116 Å². The van der Waals surface area contributed by atoms with Crippen LogP contribution >= 0.6 is 0 Å². The molecular weight excluding hydrogens is 1620 g/mol. The normalized spacial score (nSPS) is 49.5. The zero-order valence-electron chi connectivity index (χ0n) is 78.7. The highest BCUT2D eigenvalue weighted by Crippen LogP contribution is 2.77. The number of esters is 1. The van der Waals surface area contributed by atoms with Gasteiger partial charge in [-0.2, -0.15) is 0 Å². The lowest BCUT2D eigenvalue weighted by Crippen LogP contribution is -2.69. The van der Waals surface area contributed by atoms with Crippen molar-refractivity contribution in [3.05, 3.63) is 93.9 Å². The van der Waals surface area contributed by atoms with E-state index < -0.39 is 193 Å². The third-order valence-corrected chi connectivity index (χ3v) is 35.0. The Hall–Kier alpha value is -4.50. The van der Waals surface area contributed by atoms with Gasteiger partial charge in [0.05, 0.1) is 87.2 Å². The minimum atomic E-state index is -1.43. The molecule has 13 fully saturated rings. The van der Waals surface area contributed by atoms with Gasteiger partial charge in [0.15, 0.2) is 55.6 Å². The summed E-state index contributed by atoms with van der Waals surface area (Å²) in [6.45, 7) is 45.3. The molecule has 0 spiro atoms. The predicted octanol–water partition coefficient (Wildman–Crippen LogP) is 16.2. The number of allylic oxidation sites excluding steroid dienone is 2. The second-order valence-electron chi connectivity index (χ2n) is 43.1. The minimum Gasteiger partial charge on any atom is -0.432 e. The molecule has 19 unspecified atom stereocenters. The summed E-state index contributed by atoms with van der Waals surface area (Å²) in [5.74, 6) is -2.69. The Morgan fingerprint density at radius 1 is 0.603 bits per heavy atom. The molecule has 27 heteroatoms. The number of hydrogen-bond acceptors (Lipinski definition) is 25. The number of aldehydes is 1. The second kappa shape index (κ2) is 36.7. The summed E-state index contributed by atoms with van der Waals surface area (Å²) in [7, 11) is 1.73. The van der Waals surface area contributed by atoms with Crippen molar-refractivity contribution in [1.82, 2.24) is 0 Å². The van der Waals surface area contributed by atoms with Crippen LogP contribution in [0.5, 0.6) is 0 Å². The minimum absolute atomic E-state index is 0.00216. The first-order valence-corrected chi connectivity index (χ1v) is 47.7. The maximum absolute atomic E-state index is 17.0. The molecular formula is C99H147N3O24. The van der Waals surface area contributed by atoms with Crippen LogP contribution in [0.2, 0.25) is 0 Å². The number of azide groups is 1. The lowest BCUT2D eigenvalue weighted by atomic mass is 9.33. The molecule has 126 heavy (non-hydrogen) atoms. The Labute approximate surface area is 746 Å². The van der Waals surface area contributed by atoms with Crippen molar-refractivity contribution in [3.63, 3.8) is 0 Å². The van der Waals surface area contributed by atoms with Crippen molar-refractivity contribution in [3.8, 4) is 0 Å². The number of ether oxygens (including phenoxy) is 20. The summed E-state index contributed by atoms with van der Waals surface area (Å²) in [5.41, 5.74) is 9.04. The number of Topliss-reactive ketones (excluding diaryl/α,β-unsaturated/α-hetero) is 1. The van der Waals surface area contributed by atoms with Crippen molar-refractivity contribution < 1.29 is 114 Å². The highest BCUT2D eigenvalue weighted by Gasteiger charge is 2.74. The summed E-state index contributed by atoms with van der Waals surface area (Å²) in [6.07, 6.45) is -8.17. The molecule has 0 bridgehead atoms. The van der Waals surface area contributed by atoms with E-state index in [-0.39, 0.29) is 90.1 Å². The molecule has 16 rings (SSSR count). The second-order valence-corrected chi connectivity index (χ2v) is 43.1. The van der Waals surface area contributed by atoms with Gasteiger partial charge in [0.25, 0.3) is 0 Å². The molecule has 702 valence electrons. The molecule has 27 nitrogen and oxygen atoms in total. The number of rotatable bonds is 25. The van der Waals surface area contributed by atoms with Crippen LogP contribution in [0, 0.1) is 104 Å². The molecule has 14 aliphatic rings. The zero-order valence-corrected chi connectivity index (χ0v) is 78.7. The van der Waals surface area contributed by atoms with E-state index in [1.165, 1.54) is 5.57 Å². The van der Waals surface area contributed by atoms with Crippen LogP contribution in [0.1, 0.15) is 233 Å². The van der Waals surface area contributed by atoms with E-state index in [4.69, 9.17) is 94.7 Å². The van der Waals surface area contributed by atoms with Crippen LogP contribution < -0.4 is 0 Å². The molecule has 0 radical (unpaired) electrons. The Morgan fingerprint density at radius 2 is 1.27 bits per heavy atom. The van der Waals surface area contributed by atoms with E-state index in [1.54, 1.807) is 14.0 Å². The van der Waals surface area contributed by atoms with E-state index in [9.17, 15) is 20.2 Å². The largest absolute Gasteiger partial charge is 0.432 e. The monoisotopic (exact) mass is 1760 g/mol. The molecule has 0 amide bonds. The van der Waals surface area contributed by atoms with Crippen molar-refractivity contribution in [1.29, 1.82) is 0 Å². The van der Waals surface area contributed by atoms with Gasteiger partial charge in [-0.3, -0.25) is 9.59 Å². The van der Waals surface area contributed by atoms with E-state index in [1.807, 2.05) is 109 Å². The highest BCUT2D eigenvalue weighted by atomic mass is 16.8. The molecule has 9 aliphatic heterocycles. The molecule has 9 saturated heterocycles. The summed E-state index contributed by atoms with van der Waals surface area (Å²) in [6, 6.07) is 18.6. The lowest BCUT2D eigenvalue weighted by Gasteiger charge is -2.71. The number of nitrogens with zero attached hydrogens (tertiary/aromatic N) is 3. The molecule has 0 aromatic heterocycles. The van der Waals surface area contributed by atoms with E-state index in [0.717, 1.165) is 43.1 Å². The van der Waals surface area contributed by atoms with Crippen LogP contribution in [0.4, 0.5) is 0 Å². The quantitative estimate of drug-likeness (QED) is 0.0184. The summed E-state index contributed by atoms with van der Waals surface area (Å²) in [5, 5.41) is 16.1. The molecule has 1 N–H and O–H groups in total. The fourth-order valence-corrected chi connectivity index (χ4v) is 26.4. The summed E-state index contributed by atoms with van der Waals surface area (Å²) < 4.78 is 138. The fraction of sp³-hybridized carbons (Fsp3) is 0.828. The molecule has 2 aromatic rings. The SMILES string of the molecule is CCC1O[C@@H](OC2[C@H](O[C@H]3CCC4(C)C5CC=C6C7CC(C)(C)CC[C@]7(C(=O)O[C@@H]7OC(COCc8ccccc8)[C@H](N=[N+]=[N-])C(C)C7O[C@@H]7OC(C)[C@H](O[C@@H]8OC[C@@H](O)C(O[C@@H]9OC[C@]%10(CC)O[C@@H](c%11ccccc%11)OC9%10)C8C)C8OC(C)(C)OC87)C(OC)C[C@@]6(C)C5(C)CC[C@H]4[C@@]3(C)C=O)OC(C(C)=O)[C@@H](C)[C@@H]2O[C@@H]2OC[C@@H](C)[C@H](C)C2C)C(C)[C@@H](C)[C@H]1C. The molecule has 5 aliphatic carbocycles. The number of aliphatic hydroxyl groups is 1. The van der Waals surface area contributed by atoms with Gasteiger partial charge < -0.3 is 105 Å². The van der Waals surface area contributed by atoms with Gasteiger partial charge in [-0.1, -0.05) is 195 Å². The van der Waals surface area contributed by atoms with Crippen molar-refractivity contribution in [2.75, 3.05) is 33.5 Å². The van der Waals surface area contributed by atoms with Crippen molar-refractivity contribution >= 4 is 18.0 Å². The molecule has 9 heterocycles. The number of fused-ring (bicyclic) bond motifs is 9. The standard InChI is InChI=1S/C99H147N3O24/c1-23-67-54(6)53(5)56(8)85(113-67)121-80-76(118-83-55(7)52(4)51(3)45-109-83)58(10)74(60(12)104)116-88(80)115-71-38-39-94(18)69(95(71,19)49-103)37-40-96(20)70(94)36-35-64-65-43-92(14,15)41-42-99(65,72(107-22)44-97(64,96)21)91(106)123-87-77(57(9)73(101-102-100)68(114-87)48-108-46-62-31-27-25-28-32-62)119-89-81-79(124-93(16,17)125-81)78(61(13)112-89)120-84-59(11)75(66(105)47-110-84)117-90-82-98(24-2,50-111-90)126-86(122-82)63-33-29-26-30-34-63/h25-35,49,51-59,61,65-90,105H,23-24,36-48,50H2,1-22H3/t51-,52+,53+,54-,55?,56?,57?,58-,59?,61?,65?,66-,67?,68?,69-,70?,71+,72?,73-,74?,75?,76+,77?,78+,79?,80?,81?,82?,83+,84+,85+,86+,87+,88-,89+,90+,94?,95-,96?,97-,98+,99-/m1/s1. The topological polar surface area (TPSA) is 305 Å². The van der Waals surface area contributed by atoms with Gasteiger partial charge >= 0.3 is 5.97 Å². The third-order valence-electron chi connectivity index (χ3n) is 35.0. The number of benzene rings is 2. The van der Waals surface area contributed by atoms with Gasteiger partial charge in [0.2, 0.25) is 6.29 Å². The summed E-state index contributed by atoms with van der Waals surface area (Å²) >= 11 is 0. The van der Waals surface area contributed by atoms with Crippen LogP contribution in [0.3, 0.4) is 0 Å². The number of carbonyl (C=O) groups is 3. The first kappa shape index (κ1) is 94.7. The maximum Gasteiger partial charge on any atom is 0.317 e. The smallest absolute Gasteiger partial charge is 0.317 e. The summed E-state index contributed by atoms with van der Waals surface area (Å²) in [4.78, 5) is 49.2. The lowest BCUT2D eigenvalue weighted by molar-refractivity contribution is -0.374. The van der Waals surface area contributed by atoms with Crippen LogP contribution in [-0.4, -0.2) is 210 Å². The van der Waals surface area contributed by atoms with Gasteiger partial charge in [-0.05, 0) is 178 Å². The Balaban J connectivity index is 0.670. The number of aliphatic hydroxyl groups excluding tert-OH is 1. The first-order chi connectivity index (χ1) is 59.9. The predicted molar refractivity (Wildman–Crippen MR) is 461 cm³/mol. The van der Waals surface area contributed by atoms with Gasteiger partial charge in [0.1, 0.15) is 66.1 Å². The van der Waals surface area contributed by atoms with Gasteiger partial charge in [0, 0.05) is 41.3 Å². The van der Waals surface area contributed by atoms with Crippen molar-refractivity contribution in [2.24, 2.45) is 109 Å². The van der Waals surface area contributed by atoms with E-state index in [0.29, 0.717) is 69.3 Å². The van der Waals surface area contributed by atoms with Gasteiger partial charge in [-0.25, -0.2) is 0 Å². The number of ketones is 1. The number of methoxy groups -OCH3 is 1. The number of hydrogen-bond donors (Lipinski definition) is 1. The molecule has 4 saturated carbocycles. The molecule has 2 aromatic carbocycles. The van der Waals surface area contributed by atoms with E-state index >= 15 is 4.79 Å². The Kier molecular flexibility index (Phi) is 27.6. The third kappa shape index (κ3) is 16.8. The van der Waals surface area contributed by atoms with Crippen LogP contribution in [0.25, 0.3) is 10.4 Å². The van der Waals surface area contributed by atoms with Crippen molar-refractivity contribution in [2.45, 2.75) is 382 Å². The highest BCUT2D eigenvalue weighted by molar-refractivity contribution is 5.81. The first-order valence-electron chi connectivity index (χ1n) is 47.7. The Bertz CT molecular complexity index is 4200. The van der Waals surface area contributed by atoms with Gasteiger partial charge in [-0.15, -0.1) is 0 Å². The number of carbonyl (C=O) groups excluding carboxylic acids is 3. The average molecular weight is 1760 g/mol. The fourth-order valence-electron chi connectivity index (χ4n) is 26.4. The average Bonchev–Trinajstić information content (AvgIpc) is 0.847. The maximum atomic E-state index is 17.0. The molecule has 42 atom stereocenters. The zero-order chi connectivity index (χ0) is 90.0. The van der Waals surface area contributed by atoms with Crippen LogP contribution in [0.15, 0.2) is 77.4 Å². The Morgan fingerprint density at radius 3 is 1.97 bits per heavy atom.